The van der Waals surface area contributed by atoms with Crippen molar-refractivity contribution in [3.8, 4) is 6.07 Å². The number of hydrogen-bond donors (Lipinski definition) is 2. The van der Waals surface area contributed by atoms with E-state index in [-0.39, 0.29) is 5.82 Å². The third-order valence-corrected chi connectivity index (χ3v) is 1.26. The molecule has 0 unspecified atom stereocenters. The van der Waals surface area contributed by atoms with Crippen molar-refractivity contribution in [3.63, 3.8) is 0 Å². The molecule has 1 heterocycles. The molecule has 0 amide bonds. The van der Waals surface area contributed by atoms with E-state index < -0.39 is 0 Å². The van der Waals surface area contributed by atoms with Gasteiger partial charge in [-0.1, -0.05) is 0 Å². The van der Waals surface area contributed by atoms with Gasteiger partial charge in [-0.2, -0.15) is 5.26 Å². The first kappa shape index (κ1) is 7.51. The molecule has 0 atom stereocenters. The van der Waals surface area contributed by atoms with Crippen molar-refractivity contribution in [3.05, 3.63) is 23.4 Å². The van der Waals surface area contributed by atoms with Crippen molar-refractivity contribution < 1.29 is 5.21 Å². The van der Waals surface area contributed by atoms with E-state index in [4.69, 9.17) is 10.5 Å². The van der Waals surface area contributed by atoms with Crippen LogP contribution in [0.25, 0.3) is 0 Å². The molecule has 1 rings (SSSR count). The SMILES string of the molecule is Cc1ccc(C#N)c(NO)n1. The fraction of sp³-hybridized carbons (Fsp3) is 0.143. The van der Waals surface area contributed by atoms with Crippen molar-refractivity contribution >= 4 is 5.82 Å². The number of hydrogen-bond acceptors (Lipinski definition) is 4. The van der Waals surface area contributed by atoms with Crippen molar-refractivity contribution in [1.29, 1.82) is 5.26 Å². The number of nitrogens with one attached hydrogen (secondary N) is 1. The molecule has 0 spiro atoms. The zero-order valence-corrected chi connectivity index (χ0v) is 6.00. The number of aromatic nitrogens is 1. The molecule has 0 saturated heterocycles. The van der Waals surface area contributed by atoms with Gasteiger partial charge < -0.3 is 0 Å². The van der Waals surface area contributed by atoms with Gasteiger partial charge in [-0.3, -0.25) is 10.7 Å². The minimum Gasteiger partial charge on any atom is -0.290 e. The Kier molecular flexibility index (Phi) is 2.04. The Bertz CT molecular complexity index is 303. The van der Waals surface area contributed by atoms with Gasteiger partial charge in [0.15, 0.2) is 5.82 Å². The van der Waals surface area contributed by atoms with E-state index in [9.17, 15) is 0 Å². The molecule has 4 heteroatoms. The molecule has 56 valence electrons. The number of aryl methyl sites for hydroxylation is 1. The Balaban J connectivity index is 3.19. The van der Waals surface area contributed by atoms with Crippen molar-refractivity contribution in [1.82, 2.24) is 4.98 Å². The zero-order chi connectivity index (χ0) is 8.27. The maximum atomic E-state index is 8.51. The third kappa shape index (κ3) is 1.45. The van der Waals surface area contributed by atoms with Gasteiger partial charge in [0, 0.05) is 5.69 Å². The fourth-order valence-corrected chi connectivity index (χ4v) is 0.732. The Morgan fingerprint density at radius 2 is 2.36 bits per heavy atom. The van der Waals surface area contributed by atoms with E-state index in [1.165, 1.54) is 0 Å². The van der Waals surface area contributed by atoms with Gasteiger partial charge in [-0.25, -0.2) is 4.98 Å². The van der Waals surface area contributed by atoms with Crippen LogP contribution in [0.2, 0.25) is 0 Å². The molecule has 0 aliphatic heterocycles. The quantitative estimate of drug-likeness (QED) is 0.586. The average molecular weight is 149 g/mol. The molecule has 0 aliphatic carbocycles. The molecule has 1 aromatic rings. The number of anilines is 1. The molecule has 0 bridgehead atoms. The highest BCUT2D eigenvalue weighted by molar-refractivity contribution is 5.50. The van der Waals surface area contributed by atoms with Gasteiger partial charge in [0.05, 0.1) is 5.56 Å². The summed E-state index contributed by atoms with van der Waals surface area (Å²) >= 11 is 0. The molecule has 0 aromatic carbocycles. The largest absolute Gasteiger partial charge is 0.290 e. The average Bonchev–Trinajstić information content (AvgIpc) is 2.04. The highest BCUT2D eigenvalue weighted by Gasteiger charge is 2.00. The lowest BCUT2D eigenvalue weighted by atomic mass is 10.2. The first-order chi connectivity index (χ1) is 5.27. The Labute approximate surface area is 64.1 Å². The summed E-state index contributed by atoms with van der Waals surface area (Å²) in [6, 6.07) is 5.19. The minimum absolute atomic E-state index is 0.201. The summed E-state index contributed by atoms with van der Waals surface area (Å²) in [5.41, 5.74) is 2.94. The van der Waals surface area contributed by atoms with Crippen LogP contribution >= 0.6 is 0 Å². The number of pyridine rings is 1. The summed E-state index contributed by atoms with van der Waals surface area (Å²) in [6.07, 6.45) is 0. The molecule has 4 nitrogen and oxygen atoms in total. The summed E-state index contributed by atoms with van der Waals surface area (Å²) in [5.74, 6) is 0.201. The Morgan fingerprint density at radius 1 is 1.64 bits per heavy atom. The third-order valence-electron chi connectivity index (χ3n) is 1.26. The summed E-state index contributed by atoms with van der Waals surface area (Å²) in [5, 5.41) is 17.0. The first-order valence-corrected chi connectivity index (χ1v) is 3.06. The molecule has 0 aliphatic rings. The van der Waals surface area contributed by atoms with Crippen LogP contribution < -0.4 is 5.48 Å². The highest BCUT2D eigenvalue weighted by Crippen LogP contribution is 2.10. The van der Waals surface area contributed by atoms with Crippen LogP contribution in [-0.2, 0) is 0 Å². The van der Waals surface area contributed by atoms with Gasteiger partial charge in [0.25, 0.3) is 0 Å². The summed E-state index contributed by atoms with van der Waals surface area (Å²) in [6.45, 7) is 1.78. The second kappa shape index (κ2) is 2.99. The van der Waals surface area contributed by atoms with Crippen LogP contribution in [0.1, 0.15) is 11.3 Å². The lowest BCUT2D eigenvalue weighted by Crippen LogP contribution is -1.97. The number of nitriles is 1. The Hall–Kier alpha value is -1.60. The van der Waals surface area contributed by atoms with Crippen molar-refractivity contribution in [2.45, 2.75) is 6.92 Å². The molecular weight excluding hydrogens is 142 g/mol. The molecule has 0 saturated carbocycles. The minimum atomic E-state index is 0.201. The van der Waals surface area contributed by atoms with Crippen molar-refractivity contribution in [2.75, 3.05) is 5.48 Å². The van der Waals surface area contributed by atoms with E-state index in [2.05, 4.69) is 4.98 Å². The first-order valence-electron chi connectivity index (χ1n) is 3.06. The fourth-order valence-electron chi connectivity index (χ4n) is 0.732. The topological polar surface area (TPSA) is 68.9 Å². The highest BCUT2D eigenvalue weighted by atomic mass is 16.5. The predicted molar refractivity (Wildman–Crippen MR) is 39.1 cm³/mol. The van der Waals surface area contributed by atoms with Gasteiger partial charge in [0.2, 0.25) is 0 Å². The Morgan fingerprint density at radius 3 is 2.91 bits per heavy atom. The van der Waals surface area contributed by atoms with E-state index in [1.54, 1.807) is 19.1 Å². The van der Waals surface area contributed by atoms with Gasteiger partial charge >= 0.3 is 0 Å². The number of rotatable bonds is 1. The molecule has 0 radical (unpaired) electrons. The second-order valence-corrected chi connectivity index (χ2v) is 2.07. The van der Waals surface area contributed by atoms with Crippen LogP contribution in [0.5, 0.6) is 0 Å². The van der Waals surface area contributed by atoms with Gasteiger partial charge in [-0.05, 0) is 19.1 Å². The molecule has 0 fully saturated rings. The van der Waals surface area contributed by atoms with Gasteiger partial charge in [0.1, 0.15) is 6.07 Å². The smallest absolute Gasteiger partial charge is 0.167 e. The normalized spacial score (nSPS) is 8.82. The van der Waals surface area contributed by atoms with Crippen LogP contribution in [0.3, 0.4) is 0 Å². The molecule has 1 aromatic heterocycles. The molecule has 11 heavy (non-hydrogen) atoms. The monoisotopic (exact) mass is 149 g/mol. The van der Waals surface area contributed by atoms with E-state index in [0.717, 1.165) is 5.69 Å². The standard InChI is InChI=1S/C7H7N3O/c1-5-2-3-6(4-8)7(9-5)10-11/h2-3,11H,1H3,(H,9,10). The molecular formula is C7H7N3O. The van der Waals surface area contributed by atoms with Crippen LogP contribution in [-0.4, -0.2) is 10.2 Å². The number of nitrogens with zero attached hydrogens (tertiary/aromatic N) is 2. The van der Waals surface area contributed by atoms with Crippen molar-refractivity contribution in [2.24, 2.45) is 0 Å². The maximum absolute atomic E-state index is 8.51. The zero-order valence-electron chi connectivity index (χ0n) is 6.00. The van der Waals surface area contributed by atoms with Gasteiger partial charge in [-0.15, -0.1) is 0 Å². The van der Waals surface area contributed by atoms with Crippen LogP contribution in [0.4, 0.5) is 5.82 Å². The van der Waals surface area contributed by atoms with E-state index >= 15 is 0 Å². The predicted octanol–water partition coefficient (Wildman–Crippen LogP) is 1.06. The second-order valence-electron chi connectivity index (χ2n) is 2.07. The van der Waals surface area contributed by atoms with Crippen LogP contribution in [0.15, 0.2) is 12.1 Å². The molecule has 2 N–H and O–H groups in total. The lowest BCUT2D eigenvalue weighted by molar-refractivity contribution is 0.385. The summed E-state index contributed by atoms with van der Waals surface area (Å²) in [7, 11) is 0. The van der Waals surface area contributed by atoms with E-state index in [0.29, 0.717) is 5.56 Å². The van der Waals surface area contributed by atoms with Crippen LogP contribution in [0, 0.1) is 18.3 Å². The van der Waals surface area contributed by atoms with E-state index in [1.807, 2.05) is 11.5 Å². The lowest BCUT2D eigenvalue weighted by Gasteiger charge is -2.00. The maximum Gasteiger partial charge on any atom is 0.167 e. The summed E-state index contributed by atoms with van der Waals surface area (Å²) in [4.78, 5) is 3.88. The summed E-state index contributed by atoms with van der Waals surface area (Å²) < 4.78 is 0.